The van der Waals surface area contributed by atoms with Crippen molar-refractivity contribution in [3.05, 3.63) is 65.8 Å². The summed E-state index contributed by atoms with van der Waals surface area (Å²) in [5.74, 6) is 0.673. The molecule has 1 aliphatic heterocycles. The van der Waals surface area contributed by atoms with Crippen molar-refractivity contribution in [1.29, 1.82) is 0 Å². The van der Waals surface area contributed by atoms with Gasteiger partial charge in [0.1, 0.15) is 11.6 Å². The fourth-order valence-electron chi connectivity index (χ4n) is 3.89. The first-order valence-electron chi connectivity index (χ1n) is 11.1. The molecular formula is C24H26FN5O4. The van der Waals surface area contributed by atoms with Gasteiger partial charge in [-0.15, -0.1) is 0 Å². The van der Waals surface area contributed by atoms with Gasteiger partial charge in [0.25, 0.3) is 5.91 Å². The van der Waals surface area contributed by atoms with Crippen LogP contribution < -0.4 is 16.0 Å². The summed E-state index contributed by atoms with van der Waals surface area (Å²) in [5, 5.41) is 6.22. The number of hydrogen-bond acceptors (Lipinski definition) is 7. The van der Waals surface area contributed by atoms with Crippen LogP contribution in [-0.4, -0.2) is 41.8 Å². The van der Waals surface area contributed by atoms with Crippen molar-refractivity contribution in [3.63, 3.8) is 0 Å². The summed E-state index contributed by atoms with van der Waals surface area (Å²) in [4.78, 5) is 29.9. The van der Waals surface area contributed by atoms with Gasteiger partial charge in [0, 0.05) is 31.3 Å². The minimum Gasteiger partial charge on any atom is -0.441 e. The lowest BCUT2D eigenvalue weighted by Crippen LogP contribution is -2.35. The molecule has 9 nitrogen and oxygen atoms in total. The van der Waals surface area contributed by atoms with Crippen LogP contribution in [0.15, 0.2) is 53.1 Å². The molecule has 0 atom stereocenters. The zero-order valence-corrected chi connectivity index (χ0v) is 18.6. The van der Waals surface area contributed by atoms with E-state index < -0.39 is 12.0 Å². The van der Waals surface area contributed by atoms with Crippen molar-refractivity contribution in [2.24, 2.45) is 11.7 Å². The maximum atomic E-state index is 13.2. The van der Waals surface area contributed by atoms with Crippen molar-refractivity contribution < 1.29 is 23.2 Å². The molecule has 1 saturated heterocycles. The van der Waals surface area contributed by atoms with E-state index in [2.05, 4.69) is 15.4 Å². The number of primary amides is 1. The Morgan fingerprint density at radius 1 is 1.18 bits per heavy atom. The zero-order valence-electron chi connectivity index (χ0n) is 18.6. The van der Waals surface area contributed by atoms with Gasteiger partial charge in [-0.3, -0.25) is 4.79 Å². The van der Waals surface area contributed by atoms with Gasteiger partial charge in [0.05, 0.1) is 5.69 Å². The van der Waals surface area contributed by atoms with E-state index in [1.807, 2.05) is 18.2 Å². The van der Waals surface area contributed by atoms with Gasteiger partial charge in [-0.1, -0.05) is 11.2 Å². The third kappa shape index (κ3) is 6.09. The van der Waals surface area contributed by atoms with Crippen LogP contribution in [0.3, 0.4) is 0 Å². The van der Waals surface area contributed by atoms with Crippen LogP contribution in [0.5, 0.6) is 0 Å². The first-order chi connectivity index (χ1) is 16.5. The molecule has 3 heterocycles. The lowest BCUT2D eigenvalue weighted by Gasteiger charge is -2.33. The average Bonchev–Trinajstić information content (AvgIpc) is 3.33. The second-order valence-electron chi connectivity index (χ2n) is 8.15. The SMILES string of the molecule is NC(=O)c1cc(COC(=O)NCCC2CCN(c3cccc(-c4ccc(F)cc4)n3)CC2)on1. The van der Waals surface area contributed by atoms with Crippen molar-refractivity contribution in [2.75, 3.05) is 24.5 Å². The number of alkyl carbamates (subject to hydrolysis) is 1. The molecule has 0 aliphatic carbocycles. The zero-order chi connectivity index (χ0) is 23.9. The van der Waals surface area contributed by atoms with E-state index >= 15 is 0 Å². The van der Waals surface area contributed by atoms with E-state index in [0.29, 0.717) is 12.5 Å². The lowest BCUT2D eigenvalue weighted by molar-refractivity contribution is 0.0989. The molecule has 2 aromatic heterocycles. The number of pyridine rings is 1. The number of halogens is 1. The highest BCUT2D eigenvalue weighted by molar-refractivity contribution is 5.90. The third-order valence-electron chi connectivity index (χ3n) is 5.79. The molecule has 3 aromatic rings. The first kappa shape index (κ1) is 23.2. The summed E-state index contributed by atoms with van der Waals surface area (Å²) >= 11 is 0. The number of benzene rings is 1. The molecule has 1 aliphatic rings. The molecule has 0 radical (unpaired) electrons. The Balaban J connectivity index is 1.18. The van der Waals surface area contributed by atoms with Crippen molar-refractivity contribution in [1.82, 2.24) is 15.5 Å². The van der Waals surface area contributed by atoms with Crippen molar-refractivity contribution in [3.8, 4) is 11.3 Å². The second-order valence-corrected chi connectivity index (χ2v) is 8.15. The number of ether oxygens (including phenoxy) is 1. The Hall–Kier alpha value is -3.95. The highest BCUT2D eigenvalue weighted by Crippen LogP contribution is 2.26. The first-order valence-corrected chi connectivity index (χ1v) is 11.1. The molecule has 10 heteroatoms. The maximum absolute atomic E-state index is 13.2. The normalized spacial score (nSPS) is 14.1. The quantitative estimate of drug-likeness (QED) is 0.520. The second kappa shape index (κ2) is 10.8. The Bertz CT molecular complexity index is 1130. The fourth-order valence-corrected chi connectivity index (χ4v) is 3.89. The van der Waals surface area contributed by atoms with E-state index in [4.69, 9.17) is 20.0 Å². The maximum Gasteiger partial charge on any atom is 0.407 e. The van der Waals surface area contributed by atoms with Crippen LogP contribution in [0.1, 0.15) is 35.5 Å². The number of anilines is 1. The minimum atomic E-state index is -0.707. The monoisotopic (exact) mass is 467 g/mol. The summed E-state index contributed by atoms with van der Waals surface area (Å²) in [6.45, 7) is 2.13. The third-order valence-corrected chi connectivity index (χ3v) is 5.79. The molecule has 0 bridgehead atoms. The molecule has 178 valence electrons. The molecule has 2 amide bonds. The van der Waals surface area contributed by atoms with E-state index in [9.17, 15) is 14.0 Å². The van der Waals surface area contributed by atoms with Crippen LogP contribution in [-0.2, 0) is 11.3 Å². The molecular weight excluding hydrogens is 441 g/mol. The number of carbonyl (C=O) groups is 2. The van der Waals surface area contributed by atoms with Gasteiger partial charge in [-0.25, -0.2) is 14.2 Å². The van der Waals surface area contributed by atoms with Crippen molar-refractivity contribution >= 4 is 17.8 Å². The molecule has 34 heavy (non-hydrogen) atoms. The minimum absolute atomic E-state index is 0.0114. The van der Waals surface area contributed by atoms with Gasteiger partial charge >= 0.3 is 6.09 Å². The summed E-state index contributed by atoms with van der Waals surface area (Å²) < 4.78 is 23.1. The van der Waals surface area contributed by atoms with E-state index in [-0.39, 0.29) is 23.9 Å². The summed E-state index contributed by atoms with van der Waals surface area (Å²) in [6.07, 6.45) is 2.27. The lowest BCUT2D eigenvalue weighted by atomic mass is 9.93. The van der Waals surface area contributed by atoms with Gasteiger partial charge in [-0.05, 0) is 61.6 Å². The van der Waals surface area contributed by atoms with Gasteiger partial charge in [0.2, 0.25) is 0 Å². The Morgan fingerprint density at radius 3 is 2.65 bits per heavy atom. The molecule has 3 N–H and O–H groups in total. The van der Waals surface area contributed by atoms with Gasteiger partial charge in [0.15, 0.2) is 18.1 Å². The highest BCUT2D eigenvalue weighted by Gasteiger charge is 2.20. The van der Waals surface area contributed by atoms with Gasteiger partial charge < -0.3 is 25.2 Å². The Labute approximate surface area is 196 Å². The number of carbonyl (C=O) groups excluding carboxylic acids is 2. The number of hydrogen-bond donors (Lipinski definition) is 2. The smallest absolute Gasteiger partial charge is 0.407 e. The Kier molecular flexibility index (Phi) is 7.36. The summed E-state index contributed by atoms with van der Waals surface area (Å²) in [6, 6.07) is 13.6. The summed E-state index contributed by atoms with van der Waals surface area (Å²) in [7, 11) is 0. The van der Waals surface area contributed by atoms with Crippen LogP contribution in [0.2, 0.25) is 0 Å². The predicted octanol–water partition coefficient (Wildman–Crippen LogP) is 3.51. The highest BCUT2D eigenvalue weighted by atomic mass is 19.1. The van der Waals surface area contributed by atoms with Crippen LogP contribution in [0.4, 0.5) is 15.0 Å². The number of aromatic nitrogens is 2. The molecule has 0 unspecified atom stereocenters. The molecule has 0 saturated carbocycles. The summed E-state index contributed by atoms with van der Waals surface area (Å²) in [5.41, 5.74) is 6.79. The molecule has 0 spiro atoms. The van der Waals surface area contributed by atoms with Crippen LogP contribution in [0.25, 0.3) is 11.3 Å². The number of nitrogens with one attached hydrogen (secondary N) is 1. The number of rotatable bonds is 8. The van der Waals surface area contributed by atoms with Crippen LogP contribution >= 0.6 is 0 Å². The van der Waals surface area contributed by atoms with E-state index in [0.717, 1.165) is 49.4 Å². The standard InChI is InChI=1S/C24H26FN5O4/c25-18-6-4-17(5-7-18)20-2-1-3-22(28-20)30-12-9-16(10-13-30)8-11-27-24(32)33-15-19-14-21(23(26)31)29-34-19/h1-7,14,16H,8-13,15H2,(H2,26,31)(H,27,32). The largest absolute Gasteiger partial charge is 0.441 e. The van der Waals surface area contributed by atoms with Gasteiger partial charge in [-0.2, -0.15) is 0 Å². The number of piperidine rings is 1. The average molecular weight is 468 g/mol. The molecule has 4 rings (SSSR count). The molecule has 1 fully saturated rings. The fraction of sp³-hybridized carbons (Fsp3) is 0.333. The Morgan fingerprint density at radius 2 is 1.94 bits per heavy atom. The van der Waals surface area contributed by atoms with E-state index in [1.54, 1.807) is 12.1 Å². The topological polar surface area (TPSA) is 124 Å². The number of amides is 2. The number of nitrogens with two attached hydrogens (primary N) is 1. The van der Waals surface area contributed by atoms with E-state index in [1.165, 1.54) is 18.2 Å². The predicted molar refractivity (Wildman–Crippen MR) is 122 cm³/mol. The van der Waals surface area contributed by atoms with Crippen LogP contribution in [0, 0.1) is 11.7 Å². The van der Waals surface area contributed by atoms with Crippen molar-refractivity contribution in [2.45, 2.75) is 25.9 Å². The number of nitrogens with zero attached hydrogens (tertiary/aromatic N) is 3. The molecule has 1 aromatic carbocycles.